The molecule has 21 heavy (non-hydrogen) atoms. The van der Waals surface area contributed by atoms with Gasteiger partial charge < -0.3 is 4.90 Å². The Hall–Kier alpha value is -1.51. The molecule has 0 saturated carbocycles. The summed E-state index contributed by atoms with van der Waals surface area (Å²) in [5.41, 5.74) is 0.624. The quantitative estimate of drug-likeness (QED) is 0.864. The molecule has 1 saturated heterocycles. The lowest BCUT2D eigenvalue weighted by molar-refractivity contribution is -0.117. The van der Waals surface area contributed by atoms with Crippen LogP contribution in [0.5, 0.6) is 0 Å². The number of carbonyl (C=O) groups is 1. The fourth-order valence-corrected chi connectivity index (χ4v) is 2.85. The van der Waals surface area contributed by atoms with E-state index in [9.17, 15) is 17.6 Å². The Kier molecular flexibility index (Phi) is 4.60. The van der Waals surface area contributed by atoms with Crippen molar-refractivity contribution in [1.82, 2.24) is 9.03 Å². The SMILES string of the molecule is CN(C)S(=O)(=O)NC[C@@H]1CC(=O)N(c2ccc(F)cc2)C1. The van der Waals surface area contributed by atoms with Gasteiger partial charge in [-0.15, -0.1) is 0 Å². The zero-order valence-electron chi connectivity index (χ0n) is 11.9. The fraction of sp³-hybridized carbons (Fsp3) is 0.462. The summed E-state index contributed by atoms with van der Waals surface area (Å²) < 4.78 is 39.7. The standard InChI is InChI=1S/C13H18FN3O3S/c1-16(2)21(19,20)15-8-10-7-13(18)17(9-10)12-5-3-11(14)4-6-12/h3-6,10,15H,7-9H2,1-2H3/t10-/m0/s1. The fourth-order valence-electron chi connectivity index (χ4n) is 2.14. The molecular formula is C13H18FN3O3S. The zero-order valence-corrected chi connectivity index (χ0v) is 12.7. The van der Waals surface area contributed by atoms with E-state index in [1.165, 1.54) is 26.2 Å². The topological polar surface area (TPSA) is 69.7 Å². The van der Waals surface area contributed by atoms with Gasteiger partial charge in [0.1, 0.15) is 5.82 Å². The van der Waals surface area contributed by atoms with Crippen molar-refractivity contribution in [2.75, 3.05) is 32.1 Å². The van der Waals surface area contributed by atoms with Crippen LogP contribution in [0.25, 0.3) is 0 Å². The minimum absolute atomic E-state index is 0.0874. The number of carbonyl (C=O) groups excluding carboxylic acids is 1. The lowest BCUT2D eigenvalue weighted by Gasteiger charge is -2.18. The van der Waals surface area contributed by atoms with Crippen LogP contribution >= 0.6 is 0 Å². The Bertz CT molecular complexity index is 616. The maximum atomic E-state index is 12.9. The van der Waals surface area contributed by atoms with E-state index in [1.807, 2.05) is 0 Å². The molecule has 2 rings (SSSR count). The third kappa shape index (κ3) is 3.78. The summed E-state index contributed by atoms with van der Waals surface area (Å²) in [6, 6.07) is 5.68. The van der Waals surface area contributed by atoms with E-state index in [0.717, 1.165) is 4.31 Å². The number of anilines is 1. The monoisotopic (exact) mass is 315 g/mol. The van der Waals surface area contributed by atoms with Gasteiger partial charge in [0.2, 0.25) is 5.91 Å². The molecule has 0 unspecified atom stereocenters. The maximum absolute atomic E-state index is 12.9. The van der Waals surface area contributed by atoms with E-state index >= 15 is 0 Å². The van der Waals surface area contributed by atoms with Crippen LogP contribution in [-0.2, 0) is 15.0 Å². The van der Waals surface area contributed by atoms with Crippen LogP contribution in [-0.4, -0.2) is 45.8 Å². The molecule has 8 heteroatoms. The van der Waals surface area contributed by atoms with Crippen molar-refractivity contribution in [2.24, 2.45) is 5.92 Å². The molecule has 1 heterocycles. The molecule has 0 aliphatic carbocycles. The van der Waals surface area contributed by atoms with Gasteiger partial charge in [-0.3, -0.25) is 4.79 Å². The van der Waals surface area contributed by atoms with Gasteiger partial charge in [0.25, 0.3) is 10.2 Å². The summed E-state index contributed by atoms with van der Waals surface area (Å²) >= 11 is 0. The van der Waals surface area contributed by atoms with Crippen LogP contribution in [0.1, 0.15) is 6.42 Å². The van der Waals surface area contributed by atoms with E-state index in [1.54, 1.807) is 17.0 Å². The third-order valence-corrected chi connectivity index (χ3v) is 4.87. The molecular weight excluding hydrogens is 297 g/mol. The summed E-state index contributed by atoms with van der Waals surface area (Å²) in [5.74, 6) is -0.548. The summed E-state index contributed by atoms with van der Waals surface area (Å²) in [6.45, 7) is 0.615. The highest BCUT2D eigenvalue weighted by Gasteiger charge is 2.31. The number of hydrogen-bond donors (Lipinski definition) is 1. The minimum Gasteiger partial charge on any atom is -0.312 e. The Morgan fingerprint density at radius 2 is 1.95 bits per heavy atom. The van der Waals surface area contributed by atoms with Crippen LogP contribution in [0.15, 0.2) is 24.3 Å². The van der Waals surface area contributed by atoms with Crippen molar-refractivity contribution >= 4 is 21.8 Å². The molecule has 0 radical (unpaired) electrons. The van der Waals surface area contributed by atoms with Gasteiger partial charge in [0.15, 0.2) is 0 Å². The lowest BCUT2D eigenvalue weighted by atomic mass is 10.1. The lowest BCUT2D eigenvalue weighted by Crippen LogP contribution is -2.38. The summed E-state index contributed by atoms with van der Waals surface area (Å²) in [4.78, 5) is 13.5. The molecule has 1 N–H and O–H groups in total. The highest BCUT2D eigenvalue weighted by molar-refractivity contribution is 7.87. The molecule has 1 fully saturated rings. The van der Waals surface area contributed by atoms with Gasteiger partial charge in [-0.25, -0.2) is 9.11 Å². The molecule has 1 aliphatic rings. The molecule has 1 amide bonds. The van der Waals surface area contributed by atoms with Crippen molar-refractivity contribution in [3.8, 4) is 0 Å². The Morgan fingerprint density at radius 3 is 2.52 bits per heavy atom. The van der Waals surface area contributed by atoms with Crippen LogP contribution in [0.3, 0.4) is 0 Å². The van der Waals surface area contributed by atoms with Crippen molar-refractivity contribution in [3.05, 3.63) is 30.1 Å². The van der Waals surface area contributed by atoms with Gasteiger partial charge in [0, 0.05) is 39.3 Å². The Morgan fingerprint density at radius 1 is 1.33 bits per heavy atom. The number of halogens is 1. The van der Waals surface area contributed by atoms with Gasteiger partial charge >= 0.3 is 0 Å². The average Bonchev–Trinajstić information content (AvgIpc) is 2.79. The van der Waals surface area contributed by atoms with E-state index < -0.39 is 10.2 Å². The second kappa shape index (κ2) is 6.08. The van der Waals surface area contributed by atoms with Crippen molar-refractivity contribution in [1.29, 1.82) is 0 Å². The van der Waals surface area contributed by atoms with Gasteiger partial charge in [0.05, 0.1) is 0 Å². The number of nitrogens with zero attached hydrogens (tertiary/aromatic N) is 2. The molecule has 1 aliphatic heterocycles. The largest absolute Gasteiger partial charge is 0.312 e. The van der Waals surface area contributed by atoms with Crippen LogP contribution in [0, 0.1) is 11.7 Å². The molecule has 6 nitrogen and oxygen atoms in total. The number of hydrogen-bond acceptors (Lipinski definition) is 3. The summed E-state index contributed by atoms with van der Waals surface area (Å²) in [5, 5.41) is 0. The maximum Gasteiger partial charge on any atom is 0.278 e. The van der Waals surface area contributed by atoms with Crippen molar-refractivity contribution in [2.45, 2.75) is 6.42 Å². The second-order valence-corrected chi connectivity index (χ2v) is 7.16. The number of amides is 1. The Balaban J connectivity index is 1.98. The number of nitrogens with one attached hydrogen (secondary N) is 1. The van der Waals surface area contributed by atoms with E-state index in [4.69, 9.17) is 0 Å². The first-order chi connectivity index (χ1) is 9.79. The van der Waals surface area contributed by atoms with Crippen LogP contribution < -0.4 is 9.62 Å². The van der Waals surface area contributed by atoms with Gasteiger partial charge in [-0.05, 0) is 30.2 Å². The highest BCUT2D eigenvalue weighted by atomic mass is 32.2. The minimum atomic E-state index is -3.49. The predicted octanol–water partition coefficient (Wildman–Crippen LogP) is 0.575. The zero-order chi connectivity index (χ0) is 15.6. The number of rotatable bonds is 5. The van der Waals surface area contributed by atoms with Crippen molar-refractivity contribution in [3.63, 3.8) is 0 Å². The normalized spacial score (nSPS) is 19.5. The number of benzene rings is 1. The molecule has 0 aromatic heterocycles. The summed E-state index contributed by atoms with van der Waals surface area (Å²) in [6.07, 6.45) is 0.271. The summed E-state index contributed by atoms with van der Waals surface area (Å²) in [7, 11) is -0.612. The van der Waals surface area contributed by atoms with E-state index in [-0.39, 0.29) is 30.6 Å². The smallest absolute Gasteiger partial charge is 0.278 e. The highest BCUT2D eigenvalue weighted by Crippen LogP contribution is 2.24. The first-order valence-corrected chi connectivity index (χ1v) is 7.96. The molecule has 0 bridgehead atoms. The van der Waals surface area contributed by atoms with Gasteiger partial charge in [-0.2, -0.15) is 12.7 Å². The van der Waals surface area contributed by atoms with E-state index in [2.05, 4.69) is 4.72 Å². The molecule has 1 aromatic carbocycles. The first kappa shape index (κ1) is 15.9. The molecule has 1 aromatic rings. The van der Waals surface area contributed by atoms with Gasteiger partial charge in [-0.1, -0.05) is 0 Å². The second-order valence-electron chi connectivity index (χ2n) is 5.19. The third-order valence-electron chi connectivity index (χ3n) is 3.38. The van der Waals surface area contributed by atoms with E-state index in [0.29, 0.717) is 12.2 Å². The Labute approximate surface area is 123 Å². The molecule has 0 spiro atoms. The van der Waals surface area contributed by atoms with Crippen LogP contribution in [0.4, 0.5) is 10.1 Å². The predicted molar refractivity (Wildman–Crippen MR) is 77.5 cm³/mol. The molecule has 116 valence electrons. The first-order valence-electron chi connectivity index (χ1n) is 6.52. The molecule has 1 atom stereocenters. The average molecular weight is 315 g/mol. The van der Waals surface area contributed by atoms with Crippen molar-refractivity contribution < 1.29 is 17.6 Å². The van der Waals surface area contributed by atoms with Crippen LogP contribution in [0.2, 0.25) is 0 Å².